The molecule has 0 saturated heterocycles. The zero-order valence-electron chi connectivity index (χ0n) is 2.35. The zero-order valence-corrected chi connectivity index (χ0v) is 12.1. The van der Waals surface area contributed by atoms with E-state index < -0.39 is 17.0 Å². The van der Waals surface area contributed by atoms with Gasteiger partial charge in [-0.05, 0) is 0 Å². The summed E-state index contributed by atoms with van der Waals surface area (Å²) in [7, 11) is 0. The Hall–Kier alpha value is 2.40. The molecule has 0 N–H and O–H groups in total. The van der Waals surface area contributed by atoms with E-state index in [0.717, 1.165) is 0 Å². The Morgan fingerprint density at radius 1 is 1.60 bits per heavy atom. The van der Waals surface area contributed by atoms with Gasteiger partial charge in [-0.1, -0.05) is 0 Å². The molecule has 0 saturated carbocycles. The van der Waals surface area contributed by atoms with Crippen molar-refractivity contribution in [2.24, 2.45) is 0 Å². The van der Waals surface area contributed by atoms with Crippen molar-refractivity contribution in [3.8, 4) is 0 Å². The summed E-state index contributed by atoms with van der Waals surface area (Å²) in [4.78, 5) is 0. The first-order valence-corrected chi connectivity index (χ1v) is 4.89. The van der Waals surface area contributed by atoms with Gasteiger partial charge < -0.3 is 0 Å². The van der Waals surface area contributed by atoms with Crippen LogP contribution in [0.3, 0.4) is 0 Å². The summed E-state index contributed by atoms with van der Waals surface area (Å²) in [6.45, 7) is 0. The molecule has 0 rings (SSSR count). The van der Waals surface area contributed by atoms with Crippen molar-refractivity contribution < 1.29 is 37.4 Å². The summed E-state index contributed by atoms with van der Waals surface area (Å²) < 4.78 is 8.97. The summed E-state index contributed by atoms with van der Waals surface area (Å²) in [5, 5.41) is 0. The van der Waals surface area contributed by atoms with Crippen LogP contribution in [0.2, 0.25) is 0 Å². The zero-order chi connectivity index (χ0) is 2.71. The van der Waals surface area contributed by atoms with Gasteiger partial charge in [-0.25, -0.2) is 0 Å². The van der Waals surface area contributed by atoms with Crippen molar-refractivity contribution in [1.82, 2.24) is 0 Å². The molecule has 0 aromatic carbocycles. The number of halogens is 1. The van der Waals surface area contributed by atoms with Crippen molar-refractivity contribution >= 4 is 39.4 Å². The predicted octanol–water partition coefficient (Wildman–Crippen LogP) is -0.462. The molecule has 0 unspecified atom stereocenters. The molecule has 0 aliphatic rings. The van der Waals surface area contributed by atoms with E-state index in [4.69, 9.17) is 3.32 Å². The van der Waals surface area contributed by atoms with Crippen molar-refractivity contribution in [3.05, 3.63) is 0 Å². The summed E-state index contributed by atoms with van der Waals surface area (Å²) >= 11 is 1.78. The first kappa shape index (κ1) is 15.7. The van der Waals surface area contributed by atoms with Crippen LogP contribution in [0.25, 0.3) is 0 Å². The van der Waals surface area contributed by atoms with Crippen molar-refractivity contribution in [2.45, 2.75) is 0 Å². The molecule has 33 valence electrons. The molecule has 1 nitrogen and oxygen atoms in total. The van der Waals surface area contributed by atoms with Crippen LogP contribution in [0.15, 0.2) is 0 Å². The molecule has 0 aromatic rings. The van der Waals surface area contributed by atoms with Crippen LogP contribution in [0.4, 0.5) is 0 Å². The monoisotopic (exact) mass is 411 g/mol. The predicted molar refractivity (Wildman–Crippen MR) is 19.6 cm³/mol. The molecule has 5 heteroatoms. The Morgan fingerprint density at radius 3 is 1.60 bits per heavy atom. The third-order valence-corrected chi connectivity index (χ3v) is 0. The molecule has 0 aliphatic heterocycles. The van der Waals surface area contributed by atoms with E-state index in [1.807, 2.05) is 0 Å². The fourth-order valence-electron chi connectivity index (χ4n) is 0. The quantitative estimate of drug-likeness (QED) is 0.493. The Balaban J connectivity index is -0.0000000200. The Labute approximate surface area is 75.6 Å². The van der Waals surface area contributed by atoms with Gasteiger partial charge in [-0.2, -0.15) is 0 Å². The molecule has 0 aliphatic carbocycles. The second kappa shape index (κ2) is 16.1. The van der Waals surface area contributed by atoms with Crippen LogP contribution < -0.4 is 0 Å². The van der Waals surface area contributed by atoms with Crippen molar-refractivity contribution in [1.29, 1.82) is 0 Å². The third-order valence-electron chi connectivity index (χ3n) is 0. The molecule has 0 atom stereocenters. The summed E-state index contributed by atoms with van der Waals surface area (Å²) in [6, 6.07) is 0. The van der Waals surface area contributed by atoms with Gasteiger partial charge >= 0.3 is 59.7 Å². The molecule has 5 heavy (non-hydrogen) atoms. The average Bonchev–Trinajstić information content (AvgIpc) is 0.918. The number of hydrogen-bond donors (Lipinski definition) is 0. The fraction of sp³-hybridized carbons (Fsp3) is 0. The van der Waals surface area contributed by atoms with Gasteiger partial charge in [0.05, 0.1) is 0 Å². The summed E-state index contributed by atoms with van der Waals surface area (Å²) in [5.74, 6) is 0. The van der Waals surface area contributed by atoms with Crippen LogP contribution in [-0.4, -0.2) is 26.2 Å². The molecule has 0 radical (unpaired) electrons. The van der Waals surface area contributed by atoms with E-state index >= 15 is 0 Å². The van der Waals surface area contributed by atoms with Crippen molar-refractivity contribution in [3.63, 3.8) is 0 Å². The molecular weight excluding hydrogens is 409 g/mol. The van der Waals surface area contributed by atoms with Gasteiger partial charge in [0.1, 0.15) is 0 Å². The second-order valence-corrected chi connectivity index (χ2v) is 1.65. The molecule has 0 aromatic heterocycles. The van der Waals surface area contributed by atoms with E-state index in [0.29, 0.717) is 0 Å². The Kier molecular flexibility index (Phi) is 50.6. The van der Waals surface area contributed by atoms with Gasteiger partial charge in [0.25, 0.3) is 0 Å². The van der Waals surface area contributed by atoms with Crippen LogP contribution in [0.5, 0.6) is 0 Å². The Bertz CT molecular complexity index is 19.1. The van der Waals surface area contributed by atoms with Crippen molar-refractivity contribution in [2.75, 3.05) is 0 Å². The van der Waals surface area contributed by atoms with Gasteiger partial charge in [-0.3, -0.25) is 0 Å². The first-order valence-electron chi connectivity index (χ1n) is 0.393. The molecule has 0 bridgehead atoms. The van der Waals surface area contributed by atoms with E-state index in [2.05, 4.69) is 13.2 Å². The molecule has 0 amide bonds. The van der Waals surface area contributed by atoms with Crippen LogP contribution in [-0.2, 0) is 37.4 Å². The maximum atomic E-state index is 8.97. The second-order valence-electron chi connectivity index (χ2n) is 0.0772. The minimum absolute atomic E-state index is 0. The Morgan fingerprint density at radius 2 is 1.60 bits per heavy atom. The molecular formula is H3BiBrFeOTi. The number of rotatable bonds is 0. The standard InChI is InChI=1S/Bi.BrH.Fe.O.Ti.3H/h;1H;;;;;;/q;;;;+1;;;/p-1. The van der Waals surface area contributed by atoms with Gasteiger partial charge in [0, 0.05) is 17.1 Å². The number of hydrogen-bond acceptors (Lipinski definition) is 1. The molecule has 0 spiro atoms. The normalized spacial score (nSPS) is 1.80. The molecule has 0 heterocycles. The van der Waals surface area contributed by atoms with Gasteiger partial charge in [-0.15, -0.1) is 0 Å². The topological polar surface area (TPSA) is 17.1 Å². The third kappa shape index (κ3) is 21.5. The van der Waals surface area contributed by atoms with E-state index in [1.54, 1.807) is 0 Å². The van der Waals surface area contributed by atoms with E-state index in [-0.39, 0.29) is 43.3 Å². The maximum absolute atomic E-state index is 8.97. The fourth-order valence-corrected chi connectivity index (χ4v) is 0. The summed E-state index contributed by atoms with van der Waals surface area (Å²) in [6.07, 6.45) is 0. The van der Waals surface area contributed by atoms with Crippen LogP contribution >= 0.6 is 13.2 Å². The molecule has 0 fully saturated rings. The minimum atomic E-state index is -0.938. The van der Waals surface area contributed by atoms with Crippen LogP contribution in [0.1, 0.15) is 0 Å². The van der Waals surface area contributed by atoms with Gasteiger partial charge in [0.15, 0.2) is 0 Å². The SMILES string of the molecule is [BiH3].[Fe].[O]=[Ti][Br]. The van der Waals surface area contributed by atoms with E-state index in [9.17, 15) is 0 Å². The van der Waals surface area contributed by atoms with E-state index in [1.165, 1.54) is 0 Å². The average molecular weight is 412 g/mol. The summed E-state index contributed by atoms with van der Waals surface area (Å²) in [5.41, 5.74) is 0. The first-order chi connectivity index (χ1) is 1.41. The van der Waals surface area contributed by atoms with Gasteiger partial charge in [0.2, 0.25) is 0 Å². The van der Waals surface area contributed by atoms with Crippen LogP contribution in [0, 0.1) is 0 Å².